The fourth-order valence-electron chi connectivity index (χ4n) is 1.16. The zero-order valence-corrected chi connectivity index (χ0v) is 10.8. The van der Waals surface area contributed by atoms with Crippen molar-refractivity contribution in [3.63, 3.8) is 0 Å². The van der Waals surface area contributed by atoms with E-state index in [1.807, 2.05) is 6.92 Å². The van der Waals surface area contributed by atoms with E-state index < -0.39 is 0 Å². The van der Waals surface area contributed by atoms with E-state index in [4.69, 9.17) is 4.74 Å². The van der Waals surface area contributed by atoms with Crippen LogP contribution in [0.4, 0.5) is 0 Å². The van der Waals surface area contributed by atoms with Gasteiger partial charge >= 0.3 is 5.97 Å². The molecule has 0 aliphatic carbocycles. The van der Waals surface area contributed by atoms with Gasteiger partial charge in [0.1, 0.15) is 4.83 Å². The predicted octanol–water partition coefficient (Wildman–Crippen LogP) is 3.67. The number of hydrogen-bond acceptors (Lipinski definition) is 2. The Balaban J connectivity index is 3.42. The summed E-state index contributed by atoms with van der Waals surface area (Å²) in [4.78, 5) is 11.2. The van der Waals surface area contributed by atoms with E-state index in [0.717, 1.165) is 19.3 Å². The van der Waals surface area contributed by atoms with Gasteiger partial charge < -0.3 is 4.74 Å². The topological polar surface area (TPSA) is 26.3 Å². The van der Waals surface area contributed by atoms with E-state index in [9.17, 15) is 4.79 Å². The summed E-state index contributed by atoms with van der Waals surface area (Å²) in [7, 11) is 0. The number of ether oxygens (including phenoxy) is 1. The van der Waals surface area contributed by atoms with E-state index in [1.165, 1.54) is 19.3 Å². The second-order valence-electron chi connectivity index (χ2n) is 3.48. The molecule has 0 fully saturated rings. The number of carbonyl (C=O) groups excluding carboxylic acids is 1. The number of unbranched alkanes of at least 4 members (excludes halogenated alkanes) is 3. The van der Waals surface area contributed by atoms with Gasteiger partial charge in [-0.2, -0.15) is 0 Å². The van der Waals surface area contributed by atoms with E-state index in [0.29, 0.717) is 6.61 Å². The van der Waals surface area contributed by atoms with Crippen molar-refractivity contribution in [2.45, 2.75) is 57.2 Å². The van der Waals surface area contributed by atoms with Gasteiger partial charge in [0.2, 0.25) is 0 Å². The Kier molecular flexibility index (Phi) is 9.47. The molecular formula is C11H21BrO2. The molecule has 0 aromatic rings. The van der Waals surface area contributed by atoms with Crippen LogP contribution in [-0.4, -0.2) is 17.4 Å². The van der Waals surface area contributed by atoms with E-state index in [2.05, 4.69) is 22.9 Å². The largest absolute Gasteiger partial charge is 0.465 e. The van der Waals surface area contributed by atoms with Crippen LogP contribution in [0.25, 0.3) is 0 Å². The van der Waals surface area contributed by atoms with Crippen LogP contribution in [0.1, 0.15) is 52.4 Å². The molecule has 0 aliphatic rings. The molecule has 0 amide bonds. The zero-order valence-electron chi connectivity index (χ0n) is 9.22. The second kappa shape index (κ2) is 9.50. The van der Waals surface area contributed by atoms with Crippen LogP contribution in [0.3, 0.4) is 0 Å². The highest BCUT2D eigenvalue weighted by Gasteiger charge is 2.14. The van der Waals surface area contributed by atoms with E-state index in [1.54, 1.807) is 0 Å². The summed E-state index contributed by atoms with van der Waals surface area (Å²) in [6, 6.07) is 0. The third kappa shape index (κ3) is 7.36. The minimum Gasteiger partial charge on any atom is -0.465 e. The van der Waals surface area contributed by atoms with E-state index >= 15 is 0 Å². The Labute approximate surface area is 95.5 Å². The first-order valence-electron chi connectivity index (χ1n) is 5.53. The molecule has 0 saturated heterocycles. The first-order chi connectivity index (χ1) is 6.72. The van der Waals surface area contributed by atoms with Gasteiger partial charge in [0.15, 0.2) is 0 Å². The first kappa shape index (κ1) is 13.9. The third-order valence-corrected chi connectivity index (χ3v) is 2.85. The Bertz CT molecular complexity index is 148. The van der Waals surface area contributed by atoms with Gasteiger partial charge in [0.05, 0.1) is 6.61 Å². The summed E-state index contributed by atoms with van der Waals surface area (Å²) in [5.74, 6) is -0.108. The van der Waals surface area contributed by atoms with E-state index in [-0.39, 0.29) is 10.8 Å². The Morgan fingerprint density at radius 2 is 1.93 bits per heavy atom. The van der Waals surface area contributed by atoms with Crippen molar-refractivity contribution in [2.75, 3.05) is 6.61 Å². The molecular weight excluding hydrogens is 244 g/mol. The molecule has 0 bridgehead atoms. The first-order valence-corrected chi connectivity index (χ1v) is 6.44. The van der Waals surface area contributed by atoms with Gasteiger partial charge in [-0.1, -0.05) is 55.5 Å². The quantitative estimate of drug-likeness (QED) is 0.380. The summed E-state index contributed by atoms with van der Waals surface area (Å²) in [5, 5.41) is 0. The van der Waals surface area contributed by atoms with Crippen molar-refractivity contribution in [3.8, 4) is 0 Å². The summed E-state index contributed by atoms with van der Waals surface area (Å²) in [6.45, 7) is 4.72. The zero-order chi connectivity index (χ0) is 10.8. The maximum Gasteiger partial charge on any atom is 0.319 e. The summed E-state index contributed by atoms with van der Waals surface area (Å²) < 4.78 is 5.02. The lowest BCUT2D eigenvalue weighted by molar-refractivity contribution is -0.142. The normalized spacial score (nSPS) is 12.5. The van der Waals surface area contributed by atoms with Gasteiger partial charge in [-0.3, -0.25) is 4.79 Å². The summed E-state index contributed by atoms with van der Waals surface area (Å²) in [6.07, 6.45) is 6.57. The van der Waals surface area contributed by atoms with Gasteiger partial charge in [-0.25, -0.2) is 0 Å². The fraction of sp³-hybridized carbons (Fsp3) is 0.909. The minimum atomic E-state index is -0.108. The second-order valence-corrected chi connectivity index (χ2v) is 4.59. The Hall–Kier alpha value is -0.0500. The van der Waals surface area contributed by atoms with Gasteiger partial charge in [0.25, 0.3) is 0 Å². The molecule has 0 aliphatic heterocycles. The van der Waals surface area contributed by atoms with Crippen LogP contribution in [0, 0.1) is 0 Å². The van der Waals surface area contributed by atoms with Crippen molar-refractivity contribution >= 4 is 21.9 Å². The predicted molar refractivity (Wildman–Crippen MR) is 62.7 cm³/mol. The highest BCUT2D eigenvalue weighted by Crippen LogP contribution is 2.13. The van der Waals surface area contributed by atoms with Gasteiger partial charge in [-0.15, -0.1) is 0 Å². The van der Waals surface area contributed by atoms with Crippen LogP contribution in [0.15, 0.2) is 0 Å². The van der Waals surface area contributed by atoms with Crippen molar-refractivity contribution in [1.29, 1.82) is 0 Å². The lowest BCUT2D eigenvalue weighted by Crippen LogP contribution is -2.17. The van der Waals surface area contributed by atoms with Crippen molar-refractivity contribution in [2.24, 2.45) is 0 Å². The molecule has 0 heterocycles. The molecule has 0 aromatic carbocycles. The van der Waals surface area contributed by atoms with Gasteiger partial charge in [0, 0.05) is 0 Å². The summed E-state index contributed by atoms with van der Waals surface area (Å²) in [5.41, 5.74) is 0. The number of esters is 1. The Morgan fingerprint density at radius 3 is 2.50 bits per heavy atom. The minimum absolute atomic E-state index is 0.106. The van der Waals surface area contributed by atoms with Crippen molar-refractivity contribution in [1.82, 2.24) is 0 Å². The lowest BCUT2D eigenvalue weighted by atomic mass is 10.1. The van der Waals surface area contributed by atoms with Crippen molar-refractivity contribution < 1.29 is 9.53 Å². The SMILES string of the molecule is CCCCCCC(Br)C(=O)OCCC. The highest BCUT2D eigenvalue weighted by molar-refractivity contribution is 9.10. The molecule has 0 N–H and O–H groups in total. The Morgan fingerprint density at radius 1 is 1.21 bits per heavy atom. The van der Waals surface area contributed by atoms with Crippen LogP contribution < -0.4 is 0 Å². The lowest BCUT2D eigenvalue weighted by Gasteiger charge is -2.08. The number of alkyl halides is 1. The van der Waals surface area contributed by atoms with Crippen LogP contribution in [-0.2, 0) is 9.53 Å². The molecule has 84 valence electrons. The average Bonchev–Trinajstić information content (AvgIpc) is 2.20. The third-order valence-electron chi connectivity index (χ3n) is 2.02. The standard InChI is InChI=1S/C11H21BrO2/c1-3-5-6-7-8-10(12)11(13)14-9-4-2/h10H,3-9H2,1-2H3. The average molecular weight is 265 g/mol. The van der Waals surface area contributed by atoms with Crippen LogP contribution >= 0.6 is 15.9 Å². The highest BCUT2D eigenvalue weighted by atomic mass is 79.9. The molecule has 0 spiro atoms. The molecule has 3 heteroatoms. The molecule has 1 atom stereocenters. The maximum atomic E-state index is 11.3. The smallest absolute Gasteiger partial charge is 0.319 e. The van der Waals surface area contributed by atoms with Crippen LogP contribution in [0.5, 0.6) is 0 Å². The molecule has 0 radical (unpaired) electrons. The van der Waals surface area contributed by atoms with Crippen LogP contribution in [0.2, 0.25) is 0 Å². The number of hydrogen-bond donors (Lipinski definition) is 0. The molecule has 1 unspecified atom stereocenters. The molecule has 0 aromatic heterocycles. The van der Waals surface area contributed by atoms with Crippen molar-refractivity contribution in [3.05, 3.63) is 0 Å². The van der Waals surface area contributed by atoms with Gasteiger partial charge in [-0.05, 0) is 12.8 Å². The number of halogens is 1. The summed E-state index contributed by atoms with van der Waals surface area (Å²) >= 11 is 3.35. The molecule has 14 heavy (non-hydrogen) atoms. The number of carbonyl (C=O) groups is 1. The monoisotopic (exact) mass is 264 g/mol. The molecule has 0 rings (SSSR count). The number of rotatable bonds is 8. The molecule has 2 nitrogen and oxygen atoms in total. The molecule has 0 saturated carbocycles. The maximum absolute atomic E-state index is 11.3. The fourth-order valence-corrected chi connectivity index (χ4v) is 1.62.